The molecule has 0 saturated carbocycles. The number of urea groups is 1. The first-order valence-electron chi connectivity index (χ1n) is 5.62. The molecular weight excluding hydrogens is 234 g/mol. The molecule has 3 amide bonds. The molecule has 1 aromatic heterocycles. The fourth-order valence-electron chi connectivity index (χ4n) is 1.27. The molecule has 0 saturated heterocycles. The van der Waals surface area contributed by atoms with Crippen LogP contribution in [0.2, 0.25) is 0 Å². The van der Waals surface area contributed by atoms with Gasteiger partial charge in [-0.05, 0) is 20.8 Å². The van der Waals surface area contributed by atoms with Crippen LogP contribution in [0.25, 0.3) is 0 Å². The molecule has 1 heterocycles. The molecule has 0 aromatic carbocycles. The number of nitrogens with zero attached hydrogens (tertiary/aromatic N) is 2. The summed E-state index contributed by atoms with van der Waals surface area (Å²) in [5, 5.41) is 11.7. The second kappa shape index (κ2) is 5.52. The van der Waals surface area contributed by atoms with E-state index < -0.39 is 6.03 Å². The highest BCUT2D eigenvalue weighted by atomic mass is 16.2. The molecule has 3 N–H and O–H groups in total. The molecule has 0 unspecified atom stereocenters. The average Bonchev–Trinajstić information content (AvgIpc) is 2.58. The first-order valence-corrected chi connectivity index (χ1v) is 5.62. The van der Waals surface area contributed by atoms with E-state index in [2.05, 4.69) is 21.0 Å². The van der Waals surface area contributed by atoms with Crippen molar-refractivity contribution in [1.29, 1.82) is 0 Å². The van der Waals surface area contributed by atoms with Crippen LogP contribution in [-0.4, -0.2) is 33.8 Å². The van der Waals surface area contributed by atoms with Crippen molar-refractivity contribution in [3.8, 4) is 0 Å². The number of anilines is 1. The highest BCUT2D eigenvalue weighted by Gasteiger charge is 2.14. The second-order valence-electron chi connectivity index (χ2n) is 4.98. The Labute approximate surface area is 106 Å². The number of aryl methyl sites for hydroxylation is 1. The van der Waals surface area contributed by atoms with Gasteiger partial charge in [0, 0.05) is 24.8 Å². The smallest absolute Gasteiger partial charge is 0.320 e. The van der Waals surface area contributed by atoms with Gasteiger partial charge in [-0.3, -0.25) is 14.8 Å². The Bertz CT molecular complexity index is 433. The third-order valence-electron chi connectivity index (χ3n) is 1.88. The predicted octanol–water partition coefficient (Wildman–Crippen LogP) is 0.456. The molecule has 1 aromatic rings. The number of hydrogen-bond donors (Lipinski definition) is 3. The third-order valence-corrected chi connectivity index (χ3v) is 1.88. The van der Waals surface area contributed by atoms with Crippen molar-refractivity contribution in [2.45, 2.75) is 26.3 Å². The molecule has 1 rings (SSSR count). The van der Waals surface area contributed by atoms with E-state index in [0.717, 1.165) is 0 Å². The summed E-state index contributed by atoms with van der Waals surface area (Å²) in [7, 11) is 1.75. The van der Waals surface area contributed by atoms with Crippen LogP contribution in [-0.2, 0) is 11.8 Å². The highest BCUT2D eigenvalue weighted by molar-refractivity contribution is 5.91. The SMILES string of the molecule is Cn1ccc(NC(=O)NCC(=O)NC(C)(C)C)n1. The maximum atomic E-state index is 11.4. The minimum absolute atomic E-state index is 0.0735. The molecule has 0 atom stereocenters. The number of aromatic nitrogens is 2. The summed E-state index contributed by atoms with van der Waals surface area (Å²) in [6.45, 7) is 5.55. The molecule has 0 fully saturated rings. The van der Waals surface area contributed by atoms with Crippen LogP contribution in [0, 0.1) is 0 Å². The summed E-state index contributed by atoms with van der Waals surface area (Å²) < 4.78 is 1.57. The van der Waals surface area contributed by atoms with Crippen molar-refractivity contribution in [3.05, 3.63) is 12.3 Å². The summed E-state index contributed by atoms with van der Waals surface area (Å²) in [4.78, 5) is 22.9. The molecule has 0 radical (unpaired) electrons. The van der Waals surface area contributed by atoms with Crippen molar-refractivity contribution < 1.29 is 9.59 Å². The van der Waals surface area contributed by atoms with Crippen LogP contribution in [0.15, 0.2) is 12.3 Å². The van der Waals surface area contributed by atoms with E-state index in [4.69, 9.17) is 0 Å². The maximum absolute atomic E-state index is 11.4. The third kappa shape index (κ3) is 5.33. The summed E-state index contributed by atoms with van der Waals surface area (Å²) in [5.41, 5.74) is -0.309. The zero-order chi connectivity index (χ0) is 13.8. The van der Waals surface area contributed by atoms with E-state index in [-0.39, 0.29) is 18.0 Å². The average molecular weight is 253 g/mol. The van der Waals surface area contributed by atoms with Crippen LogP contribution < -0.4 is 16.0 Å². The lowest BCUT2D eigenvalue weighted by Crippen LogP contribution is -2.46. The standard InChI is InChI=1S/C11H19N5O2/c1-11(2,3)14-9(17)7-12-10(18)13-8-5-6-16(4)15-8/h5-6H,7H2,1-4H3,(H,14,17)(H2,12,13,15,18). The minimum atomic E-state index is -0.460. The van der Waals surface area contributed by atoms with Gasteiger partial charge in [0.25, 0.3) is 0 Å². The van der Waals surface area contributed by atoms with Gasteiger partial charge >= 0.3 is 6.03 Å². The van der Waals surface area contributed by atoms with Crippen molar-refractivity contribution in [3.63, 3.8) is 0 Å². The first-order chi connectivity index (χ1) is 8.26. The normalized spacial score (nSPS) is 10.9. The Hall–Kier alpha value is -2.05. The lowest BCUT2D eigenvalue weighted by atomic mass is 10.1. The van der Waals surface area contributed by atoms with E-state index in [1.807, 2.05) is 20.8 Å². The molecule has 0 aliphatic heterocycles. The van der Waals surface area contributed by atoms with E-state index in [0.29, 0.717) is 5.82 Å². The van der Waals surface area contributed by atoms with Crippen molar-refractivity contribution >= 4 is 17.8 Å². The summed E-state index contributed by atoms with van der Waals surface area (Å²) in [5.74, 6) is 0.199. The highest BCUT2D eigenvalue weighted by Crippen LogP contribution is 2.00. The number of amides is 3. The molecule has 18 heavy (non-hydrogen) atoms. The number of rotatable bonds is 3. The first kappa shape index (κ1) is 14.0. The Balaban J connectivity index is 2.31. The van der Waals surface area contributed by atoms with Gasteiger partial charge in [0.1, 0.15) is 0 Å². The van der Waals surface area contributed by atoms with E-state index in [9.17, 15) is 9.59 Å². The van der Waals surface area contributed by atoms with Gasteiger partial charge < -0.3 is 10.6 Å². The molecular formula is C11H19N5O2. The Morgan fingerprint density at radius 2 is 2.06 bits per heavy atom. The lowest BCUT2D eigenvalue weighted by molar-refractivity contribution is -0.121. The Morgan fingerprint density at radius 1 is 1.39 bits per heavy atom. The predicted molar refractivity (Wildman–Crippen MR) is 68.1 cm³/mol. The van der Waals surface area contributed by atoms with Gasteiger partial charge in [-0.2, -0.15) is 5.10 Å². The molecule has 7 heteroatoms. The van der Waals surface area contributed by atoms with E-state index in [1.165, 1.54) is 0 Å². The lowest BCUT2D eigenvalue weighted by Gasteiger charge is -2.20. The second-order valence-corrected chi connectivity index (χ2v) is 4.98. The van der Waals surface area contributed by atoms with Crippen molar-refractivity contribution in [2.24, 2.45) is 7.05 Å². The topological polar surface area (TPSA) is 88.0 Å². The maximum Gasteiger partial charge on any atom is 0.320 e. The van der Waals surface area contributed by atoms with Gasteiger partial charge in [0.15, 0.2) is 5.82 Å². The monoisotopic (exact) mass is 253 g/mol. The van der Waals surface area contributed by atoms with Crippen molar-refractivity contribution in [2.75, 3.05) is 11.9 Å². The molecule has 0 aliphatic rings. The van der Waals surface area contributed by atoms with Gasteiger partial charge in [0.2, 0.25) is 5.91 Å². The van der Waals surface area contributed by atoms with Crippen LogP contribution in [0.3, 0.4) is 0 Å². The molecule has 7 nitrogen and oxygen atoms in total. The minimum Gasteiger partial charge on any atom is -0.350 e. The van der Waals surface area contributed by atoms with Crippen LogP contribution in [0.5, 0.6) is 0 Å². The Kier molecular flexibility index (Phi) is 4.30. The van der Waals surface area contributed by atoms with Gasteiger partial charge in [0.05, 0.1) is 6.54 Å². The van der Waals surface area contributed by atoms with Gasteiger partial charge in [-0.15, -0.1) is 0 Å². The van der Waals surface area contributed by atoms with Crippen molar-refractivity contribution in [1.82, 2.24) is 20.4 Å². The molecule has 0 aliphatic carbocycles. The largest absolute Gasteiger partial charge is 0.350 e. The van der Waals surface area contributed by atoms with Crippen LogP contribution in [0.4, 0.5) is 10.6 Å². The Morgan fingerprint density at radius 3 is 2.56 bits per heavy atom. The fraction of sp³-hybridized carbons (Fsp3) is 0.545. The molecule has 0 bridgehead atoms. The number of carbonyl (C=O) groups is 2. The summed E-state index contributed by atoms with van der Waals surface area (Å²) >= 11 is 0. The summed E-state index contributed by atoms with van der Waals surface area (Å²) in [6.07, 6.45) is 1.71. The number of hydrogen-bond acceptors (Lipinski definition) is 3. The van der Waals surface area contributed by atoms with Crippen LogP contribution in [0.1, 0.15) is 20.8 Å². The molecule has 100 valence electrons. The quantitative estimate of drug-likeness (QED) is 0.731. The van der Waals surface area contributed by atoms with Gasteiger partial charge in [-0.1, -0.05) is 0 Å². The zero-order valence-corrected chi connectivity index (χ0v) is 11.1. The van der Waals surface area contributed by atoms with Crippen LogP contribution >= 0.6 is 0 Å². The fourth-order valence-corrected chi connectivity index (χ4v) is 1.27. The molecule has 0 spiro atoms. The van der Waals surface area contributed by atoms with Gasteiger partial charge in [-0.25, -0.2) is 4.79 Å². The van der Waals surface area contributed by atoms with E-state index >= 15 is 0 Å². The zero-order valence-electron chi connectivity index (χ0n) is 11.1. The number of nitrogens with one attached hydrogen (secondary N) is 3. The summed E-state index contributed by atoms with van der Waals surface area (Å²) in [6, 6.07) is 1.20. The van der Waals surface area contributed by atoms with E-state index in [1.54, 1.807) is 24.0 Å². The number of carbonyl (C=O) groups excluding carboxylic acids is 2.